The van der Waals surface area contributed by atoms with E-state index in [4.69, 9.17) is 4.98 Å². The van der Waals surface area contributed by atoms with E-state index in [1.54, 1.807) is 11.8 Å². The first-order valence-corrected chi connectivity index (χ1v) is 12.1. The maximum atomic E-state index is 5.11. The lowest BCUT2D eigenvalue weighted by Crippen LogP contribution is -1.84. The average molecular weight is 455 g/mol. The monoisotopic (exact) mass is 454 g/mol. The summed E-state index contributed by atoms with van der Waals surface area (Å²) in [5.41, 5.74) is 5.33. The molecule has 3 heteroatoms. The van der Waals surface area contributed by atoms with Gasteiger partial charge in [0.2, 0.25) is 0 Å². The van der Waals surface area contributed by atoms with Crippen LogP contribution in [0.3, 0.4) is 0 Å². The van der Waals surface area contributed by atoms with Crippen molar-refractivity contribution in [1.82, 2.24) is 9.97 Å². The quantitative estimate of drug-likeness (QED) is 0.282. The van der Waals surface area contributed by atoms with Crippen LogP contribution >= 0.6 is 11.8 Å². The molecule has 5 aromatic carbocycles. The summed E-state index contributed by atoms with van der Waals surface area (Å²) in [7, 11) is 0. The highest BCUT2D eigenvalue weighted by Gasteiger charge is 2.16. The molecule has 0 aliphatic rings. The third-order valence-corrected chi connectivity index (χ3v) is 6.93. The molecule has 1 N–H and O–H groups in total. The van der Waals surface area contributed by atoms with Crippen LogP contribution in [0.2, 0.25) is 0 Å². The number of benzene rings is 5. The molecule has 6 aromatic rings. The van der Waals surface area contributed by atoms with Gasteiger partial charge in [-0.3, -0.25) is 0 Å². The molecule has 0 saturated heterocycles. The molecule has 0 aliphatic carbocycles. The normalized spacial score (nSPS) is 11.1. The van der Waals surface area contributed by atoms with Gasteiger partial charge in [0.15, 0.2) is 0 Å². The molecule has 0 bridgehead atoms. The number of hydrogen-bond donors (Lipinski definition) is 1. The van der Waals surface area contributed by atoms with Gasteiger partial charge in [0, 0.05) is 26.5 Å². The van der Waals surface area contributed by atoms with E-state index in [0.29, 0.717) is 0 Å². The second-order valence-corrected chi connectivity index (χ2v) is 9.29. The summed E-state index contributed by atoms with van der Waals surface area (Å²) in [6.45, 7) is 0. The highest BCUT2D eigenvalue weighted by Crippen LogP contribution is 2.36. The molecule has 1 heterocycles. The Morgan fingerprint density at radius 2 is 1.18 bits per heavy atom. The van der Waals surface area contributed by atoms with Gasteiger partial charge in [-0.1, -0.05) is 115 Å². The van der Waals surface area contributed by atoms with Gasteiger partial charge >= 0.3 is 0 Å². The molecule has 6 rings (SSSR count). The molecular formula is C31H22N2S. The molecule has 0 aliphatic heterocycles. The van der Waals surface area contributed by atoms with Gasteiger partial charge in [-0.05, 0) is 35.0 Å². The van der Waals surface area contributed by atoms with Crippen LogP contribution in [-0.4, -0.2) is 9.97 Å². The number of hydrogen-bond acceptors (Lipinski definition) is 2. The zero-order valence-electron chi connectivity index (χ0n) is 18.5. The van der Waals surface area contributed by atoms with Crippen LogP contribution in [0, 0.1) is 0 Å². The van der Waals surface area contributed by atoms with E-state index in [9.17, 15) is 0 Å². The Morgan fingerprint density at radius 3 is 1.97 bits per heavy atom. The van der Waals surface area contributed by atoms with E-state index in [2.05, 4.69) is 120 Å². The minimum Gasteiger partial charge on any atom is -0.337 e. The number of aromatic amines is 1. The minimum atomic E-state index is 0.883. The van der Waals surface area contributed by atoms with Gasteiger partial charge in [0.1, 0.15) is 5.82 Å². The highest BCUT2D eigenvalue weighted by atomic mass is 32.2. The van der Waals surface area contributed by atoms with Crippen molar-refractivity contribution in [2.45, 2.75) is 9.79 Å². The second kappa shape index (κ2) is 9.05. The number of aromatic nitrogens is 2. The molecule has 0 amide bonds. The fourth-order valence-corrected chi connectivity index (χ4v) is 5.10. The Morgan fingerprint density at radius 1 is 0.529 bits per heavy atom. The fourth-order valence-electron chi connectivity index (χ4n) is 4.26. The molecule has 0 saturated carbocycles. The maximum Gasteiger partial charge on any atom is 0.139 e. The summed E-state index contributed by atoms with van der Waals surface area (Å²) in [5, 5.41) is 2.40. The number of rotatable bonds is 5. The van der Waals surface area contributed by atoms with Crippen LogP contribution in [0.5, 0.6) is 0 Å². The molecule has 0 fully saturated rings. The van der Waals surface area contributed by atoms with Crippen molar-refractivity contribution in [3.8, 4) is 33.9 Å². The Bertz CT molecular complexity index is 1550. The lowest BCUT2D eigenvalue weighted by molar-refractivity contribution is 1.32. The fraction of sp³-hybridized carbons (Fsp3) is 0. The Hall–Kier alpha value is -4.08. The smallest absolute Gasteiger partial charge is 0.139 e. The predicted molar refractivity (Wildman–Crippen MR) is 143 cm³/mol. The molecule has 1 aromatic heterocycles. The first-order chi connectivity index (χ1) is 16.8. The van der Waals surface area contributed by atoms with Crippen molar-refractivity contribution in [3.05, 3.63) is 127 Å². The Labute approximate surface area is 203 Å². The topological polar surface area (TPSA) is 28.7 Å². The summed E-state index contributed by atoms with van der Waals surface area (Å²) in [6.07, 6.45) is 0. The van der Waals surface area contributed by atoms with E-state index in [0.717, 1.165) is 33.9 Å². The van der Waals surface area contributed by atoms with Crippen molar-refractivity contribution >= 4 is 22.5 Å². The molecule has 0 radical (unpaired) electrons. The second-order valence-electron chi connectivity index (χ2n) is 8.14. The highest BCUT2D eigenvalue weighted by molar-refractivity contribution is 7.99. The third kappa shape index (κ3) is 4.02. The Kier molecular flexibility index (Phi) is 5.46. The molecule has 0 unspecified atom stereocenters. The first kappa shape index (κ1) is 20.5. The number of imidazole rings is 1. The van der Waals surface area contributed by atoms with Gasteiger partial charge in [-0.25, -0.2) is 4.98 Å². The van der Waals surface area contributed by atoms with Crippen molar-refractivity contribution in [2.75, 3.05) is 0 Å². The SMILES string of the molecule is c1ccc(Sc2ccc(-c3[nH]c(-c4cccc5ccccc45)nc3-c3ccccc3)cc2)cc1. The summed E-state index contributed by atoms with van der Waals surface area (Å²) >= 11 is 1.77. The van der Waals surface area contributed by atoms with Gasteiger partial charge in [0.25, 0.3) is 0 Å². The number of nitrogens with zero attached hydrogens (tertiary/aromatic N) is 1. The molecular weight excluding hydrogens is 432 g/mol. The third-order valence-electron chi connectivity index (χ3n) is 5.92. The largest absolute Gasteiger partial charge is 0.337 e. The maximum absolute atomic E-state index is 5.11. The van der Waals surface area contributed by atoms with E-state index in [-0.39, 0.29) is 0 Å². The zero-order chi connectivity index (χ0) is 22.7. The average Bonchev–Trinajstić information content (AvgIpc) is 3.35. The molecule has 2 nitrogen and oxygen atoms in total. The predicted octanol–water partition coefficient (Wildman–Crippen LogP) is 8.72. The molecule has 0 spiro atoms. The van der Waals surface area contributed by atoms with Crippen LogP contribution < -0.4 is 0 Å². The van der Waals surface area contributed by atoms with Crippen LogP contribution in [-0.2, 0) is 0 Å². The minimum absolute atomic E-state index is 0.883. The van der Waals surface area contributed by atoms with Crippen LogP contribution in [0.15, 0.2) is 137 Å². The van der Waals surface area contributed by atoms with Gasteiger partial charge in [-0.15, -0.1) is 0 Å². The first-order valence-electron chi connectivity index (χ1n) is 11.3. The summed E-state index contributed by atoms with van der Waals surface area (Å²) in [6, 6.07) is 44.4. The van der Waals surface area contributed by atoms with Crippen LogP contribution in [0.4, 0.5) is 0 Å². The zero-order valence-corrected chi connectivity index (χ0v) is 19.3. The van der Waals surface area contributed by atoms with Crippen molar-refractivity contribution in [2.24, 2.45) is 0 Å². The van der Waals surface area contributed by atoms with E-state index in [1.807, 2.05) is 12.1 Å². The Balaban J connectivity index is 1.44. The van der Waals surface area contributed by atoms with Gasteiger partial charge in [0.05, 0.1) is 11.4 Å². The summed E-state index contributed by atoms with van der Waals surface area (Å²) in [5.74, 6) is 0.883. The molecule has 34 heavy (non-hydrogen) atoms. The molecule has 162 valence electrons. The number of fused-ring (bicyclic) bond motifs is 1. The van der Waals surface area contributed by atoms with Crippen molar-refractivity contribution in [3.63, 3.8) is 0 Å². The van der Waals surface area contributed by atoms with E-state index >= 15 is 0 Å². The van der Waals surface area contributed by atoms with E-state index < -0.39 is 0 Å². The summed E-state index contributed by atoms with van der Waals surface area (Å²) in [4.78, 5) is 11.2. The van der Waals surface area contributed by atoms with Gasteiger partial charge < -0.3 is 4.98 Å². The number of nitrogens with one attached hydrogen (secondary N) is 1. The number of H-pyrrole nitrogens is 1. The lowest BCUT2D eigenvalue weighted by atomic mass is 10.0. The molecule has 0 atom stereocenters. The summed E-state index contributed by atoms with van der Waals surface area (Å²) < 4.78 is 0. The van der Waals surface area contributed by atoms with Gasteiger partial charge in [-0.2, -0.15) is 0 Å². The lowest BCUT2D eigenvalue weighted by Gasteiger charge is -2.06. The van der Waals surface area contributed by atoms with Crippen molar-refractivity contribution < 1.29 is 0 Å². The van der Waals surface area contributed by atoms with Crippen molar-refractivity contribution in [1.29, 1.82) is 0 Å². The van der Waals surface area contributed by atoms with E-state index in [1.165, 1.54) is 20.6 Å². The standard InChI is InChI=1S/C31H22N2S/c1-3-11-23(12-4-1)29-30(24-18-20-26(21-19-24)34-25-14-5-2-6-15-25)33-31(32-29)28-17-9-13-22-10-7-8-16-27(22)28/h1-21H,(H,32,33). The van der Waals surface area contributed by atoms with Crippen LogP contribution in [0.25, 0.3) is 44.7 Å². The van der Waals surface area contributed by atoms with Crippen LogP contribution in [0.1, 0.15) is 0 Å².